The number of ether oxygens (including phenoxy) is 1. The zero-order valence-electron chi connectivity index (χ0n) is 16.3. The highest BCUT2D eigenvalue weighted by atomic mass is 32.2. The summed E-state index contributed by atoms with van der Waals surface area (Å²) in [5, 5.41) is 0. The molecule has 0 aromatic heterocycles. The van der Waals surface area contributed by atoms with Gasteiger partial charge in [-0.15, -0.1) is 0 Å². The highest BCUT2D eigenvalue weighted by Crippen LogP contribution is 2.27. The van der Waals surface area contributed by atoms with Gasteiger partial charge in [-0.1, -0.05) is 12.1 Å². The Morgan fingerprint density at radius 1 is 0.967 bits per heavy atom. The number of hydrogen-bond donors (Lipinski definition) is 0. The second-order valence-corrected chi connectivity index (χ2v) is 9.32. The fourth-order valence-electron chi connectivity index (χ4n) is 3.98. The van der Waals surface area contributed by atoms with Crippen LogP contribution in [-0.2, 0) is 22.9 Å². The lowest BCUT2D eigenvalue weighted by Crippen LogP contribution is -2.50. The molecular formula is C21H22F2N2O4S. The molecular weight excluding hydrogens is 414 g/mol. The number of alkyl halides is 2. The van der Waals surface area contributed by atoms with Gasteiger partial charge in [0.05, 0.1) is 4.90 Å². The van der Waals surface area contributed by atoms with E-state index in [1.165, 1.54) is 39.0 Å². The van der Waals surface area contributed by atoms with Gasteiger partial charge in [0.1, 0.15) is 5.75 Å². The number of carbonyl (C=O) groups is 1. The van der Waals surface area contributed by atoms with Crippen molar-refractivity contribution in [2.24, 2.45) is 0 Å². The van der Waals surface area contributed by atoms with Crippen molar-refractivity contribution in [3.8, 4) is 5.75 Å². The third kappa shape index (κ3) is 4.17. The first-order valence-corrected chi connectivity index (χ1v) is 11.2. The zero-order chi connectivity index (χ0) is 21.3. The summed E-state index contributed by atoms with van der Waals surface area (Å²) in [6.07, 6.45) is 2.93. The molecule has 1 fully saturated rings. The molecule has 0 spiro atoms. The summed E-state index contributed by atoms with van der Waals surface area (Å²) < 4.78 is 56.6. The maximum atomic E-state index is 13.0. The summed E-state index contributed by atoms with van der Waals surface area (Å²) in [7, 11) is -3.63. The quantitative estimate of drug-likeness (QED) is 0.723. The minimum Gasteiger partial charge on any atom is -0.435 e. The molecule has 30 heavy (non-hydrogen) atoms. The van der Waals surface area contributed by atoms with Crippen LogP contribution in [0.5, 0.6) is 5.75 Å². The van der Waals surface area contributed by atoms with E-state index in [0.717, 1.165) is 24.8 Å². The molecule has 2 aromatic rings. The molecule has 0 atom stereocenters. The van der Waals surface area contributed by atoms with Crippen molar-refractivity contribution < 1.29 is 26.7 Å². The Bertz CT molecular complexity index is 1050. The third-order valence-corrected chi connectivity index (χ3v) is 7.43. The number of carbonyl (C=O) groups excluding carboxylic acids is 1. The second-order valence-electron chi connectivity index (χ2n) is 7.39. The molecule has 0 radical (unpaired) electrons. The summed E-state index contributed by atoms with van der Waals surface area (Å²) in [4.78, 5) is 14.5. The van der Waals surface area contributed by atoms with Gasteiger partial charge >= 0.3 is 6.61 Å². The Balaban J connectivity index is 1.43. The standard InChI is InChI=1S/C21H22F2N2O4S/c22-21(23)29-18-6-2-5-17(13-18)20(26)24-9-11-25(12-10-24)30(27,28)19-8-7-15-3-1-4-16(15)14-19/h2,5-8,13-14,21H,1,3-4,9-12H2. The van der Waals surface area contributed by atoms with Crippen LogP contribution in [0.15, 0.2) is 47.4 Å². The number of hydrogen-bond acceptors (Lipinski definition) is 4. The van der Waals surface area contributed by atoms with Gasteiger partial charge in [0.25, 0.3) is 5.91 Å². The number of rotatable bonds is 5. The van der Waals surface area contributed by atoms with E-state index in [1.54, 1.807) is 12.1 Å². The Labute approximate surface area is 174 Å². The van der Waals surface area contributed by atoms with Gasteiger partial charge in [-0.05, 0) is 60.7 Å². The van der Waals surface area contributed by atoms with Crippen molar-refractivity contribution in [1.29, 1.82) is 0 Å². The van der Waals surface area contributed by atoms with E-state index in [1.807, 2.05) is 6.07 Å². The van der Waals surface area contributed by atoms with Crippen molar-refractivity contribution in [1.82, 2.24) is 9.21 Å². The predicted octanol–water partition coefficient (Wildman–Crippen LogP) is 2.92. The fourth-order valence-corrected chi connectivity index (χ4v) is 5.45. The van der Waals surface area contributed by atoms with Gasteiger partial charge < -0.3 is 9.64 Å². The first kappa shape index (κ1) is 20.7. The van der Waals surface area contributed by atoms with Gasteiger partial charge in [0.15, 0.2) is 0 Å². The topological polar surface area (TPSA) is 66.9 Å². The van der Waals surface area contributed by atoms with Crippen LogP contribution in [0.2, 0.25) is 0 Å². The normalized spacial score (nSPS) is 17.2. The molecule has 0 N–H and O–H groups in total. The number of sulfonamides is 1. The average molecular weight is 436 g/mol. The van der Waals surface area contributed by atoms with Crippen LogP contribution in [0.1, 0.15) is 27.9 Å². The monoisotopic (exact) mass is 436 g/mol. The summed E-state index contributed by atoms with van der Waals surface area (Å²) in [6, 6.07) is 10.9. The summed E-state index contributed by atoms with van der Waals surface area (Å²) >= 11 is 0. The van der Waals surface area contributed by atoms with Crippen molar-refractivity contribution in [3.63, 3.8) is 0 Å². The minimum atomic E-state index is -3.63. The van der Waals surface area contributed by atoms with Crippen molar-refractivity contribution in [3.05, 3.63) is 59.2 Å². The molecule has 1 amide bonds. The van der Waals surface area contributed by atoms with Crippen LogP contribution in [0, 0.1) is 0 Å². The van der Waals surface area contributed by atoms with Crippen molar-refractivity contribution in [2.45, 2.75) is 30.8 Å². The lowest BCUT2D eigenvalue weighted by molar-refractivity contribution is -0.0499. The number of amides is 1. The van der Waals surface area contributed by atoms with E-state index < -0.39 is 16.6 Å². The molecule has 1 aliphatic heterocycles. The molecule has 0 bridgehead atoms. The fraction of sp³-hybridized carbons (Fsp3) is 0.381. The minimum absolute atomic E-state index is 0.0892. The number of piperazine rings is 1. The summed E-state index contributed by atoms with van der Waals surface area (Å²) in [6.45, 7) is -2.16. The molecule has 0 unspecified atom stereocenters. The highest BCUT2D eigenvalue weighted by Gasteiger charge is 2.31. The Kier molecular flexibility index (Phi) is 5.75. The van der Waals surface area contributed by atoms with Gasteiger partial charge in [0.2, 0.25) is 10.0 Å². The second kappa shape index (κ2) is 8.31. The Morgan fingerprint density at radius 3 is 2.43 bits per heavy atom. The lowest BCUT2D eigenvalue weighted by atomic mass is 10.1. The molecule has 9 heteroatoms. The molecule has 4 rings (SSSR count). The van der Waals surface area contributed by atoms with Crippen LogP contribution >= 0.6 is 0 Å². The predicted molar refractivity (Wildman–Crippen MR) is 106 cm³/mol. The van der Waals surface area contributed by atoms with E-state index in [2.05, 4.69) is 4.74 Å². The van der Waals surface area contributed by atoms with E-state index in [0.29, 0.717) is 4.90 Å². The summed E-state index contributed by atoms with van der Waals surface area (Å²) in [5.41, 5.74) is 2.53. The average Bonchev–Trinajstić information content (AvgIpc) is 3.21. The molecule has 0 saturated carbocycles. The molecule has 2 aromatic carbocycles. The van der Waals surface area contributed by atoms with Crippen LogP contribution < -0.4 is 4.74 Å². The van der Waals surface area contributed by atoms with Crippen molar-refractivity contribution in [2.75, 3.05) is 26.2 Å². The number of fused-ring (bicyclic) bond motifs is 1. The first-order chi connectivity index (χ1) is 14.3. The van der Waals surface area contributed by atoms with E-state index in [-0.39, 0.29) is 43.4 Å². The lowest BCUT2D eigenvalue weighted by Gasteiger charge is -2.34. The van der Waals surface area contributed by atoms with Gasteiger partial charge in [-0.2, -0.15) is 13.1 Å². The largest absolute Gasteiger partial charge is 0.435 e. The van der Waals surface area contributed by atoms with Crippen LogP contribution in [-0.4, -0.2) is 56.3 Å². The first-order valence-electron chi connectivity index (χ1n) is 9.81. The van der Waals surface area contributed by atoms with E-state index >= 15 is 0 Å². The highest BCUT2D eigenvalue weighted by molar-refractivity contribution is 7.89. The van der Waals surface area contributed by atoms with Crippen LogP contribution in [0.3, 0.4) is 0 Å². The van der Waals surface area contributed by atoms with Crippen LogP contribution in [0.4, 0.5) is 8.78 Å². The maximum absolute atomic E-state index is 13.0. The number of halogens is 2. The van der Waals surface area contributed by atoms with Gasteiger partial charge in [0, 0.05) is 31.7 Å². The van der Waals surface area contributed by atoms with E-state index in [4.69, 9.17) is 0 Å². The van der Waals surface area contributed by atoms with Crippen molar-refractivity contribution >= 4 is 15.9 Å². The molecule has 1 aliphatic carbocycles. The molecule has 2 aliphatic rings. The summed E-state index contributed by atoms with van der Waals surface area (Å²) in [5.74, 6) is -0.432. The number of benzene rings is 2. The number of aryl methyl sites for hydroxylation is 2. The smallest absolute Gasteiger partial charge is 0.387 e. The molecule has 6 nitrogen and oxygen atoms in total. The Morgan fingerprint density at radius 2 is 1.70 bits per heavy atom. The van der Waals surface area contributed by atoms with Gasteiger partial charge in [-0.25, -0.2) is 8.42 Å². The maximum Gasteiger partial charge on any atom is 0.387 e. The molecule has 1 saturated heterocycles. The molecule has 160 valence electrons. The van der Waals surface area contributed by atoms with Gasteiger partial charge in [-0.3, -0.25) is 4.79 Å². The third-order valence-electron chi connectivity index (χ3n) is 5.54. The SMILES string of the molecule is O=C(c1cccc(OC(F)F)c1)N1CCN(S(=O)(=O)c2ccc3c(c2)CCC3)CC1. The Hall–Kier alpha value is -2.52. The van der Waals surface area contributed by atoms with Crippen LogP contribution in [0.25, 0.3) is 0 Å². The van der Waals surface area contributed by atoms with E-state index in [9.17, 15) is 22.0 Å². The zero-order valence-corrected chi connectivity index (χ0v) is 17.1. The number of nitrogens with zero attached hydrogens (tertiary/aromatic N) is 2. The molecule has 1 heterocycles.